The number of para-hydroxylation sites is 1. The largest absolute Gasteiger partial charge is 0.461 e. The summed E-state index contributed by atoms with van der Waals surface area (Å²) in [5.41, 5.74) is 3.06. The molecule has 0 bridgehead atoms. The number of halogens is 1. The predicted molar refractivity (Wildman–Crippen MR) is 108 cm³/mol. The summed E-state index contributed by atoms with van der Waals surface area (Å²) in [6, 6.07) is 16.5. The molecule has 4 aromatic rings. The van der Waals surface area contributed by atoms with Crippen LogP contribution in [0.3, 0.4) is 0 Å². The highest BCUT2D eigenvalue weighted by Crippen LogP contribution is 2.28. The summed E-state index contributed by atoms with van der Waals surface area (Å²) in [5.74, 6) is 0.111. The lowest BCUT2D eigenvalue weighted by Crippen LogP contribution is -2.07. The second-order valence-corrected chi connectivity index (χ2v) is 6.70. The molecule has 2 heterocycles. The molecule has 0 fully saturated rings. The average molecular weight is 409 g/mol. The number of hydrogen-bond acceptors (Lipinski definition) is 6. The van der Waals surface area contributed by atoms with Gasteiger partial charge in [0.2, 0.25) is 5.82 Å². The Morgan fingerprint density at radius 3 is 2.76 bits per heavy atom. The highest BCUT2D eigenvalue weighted by atomic mass is 35.5. The number of esters is 1. The van der Waals surface area contributed by atoms with Gasteiger partial charge in [0, 0.05) is 11.6 Å². The van der Waals surface area contributed by atoms with Gasteiger partial charge in [-0.2, -0.15) is 10.1 Å². The molecular weight excluding hydrogens is 392 g/mol. The second-order valence-electron chi connectivity index (χ2n) is 6.29. The molecule has 0 atom stereocenters. The van der Waals surface area contributed by atoms with E-state index < -0.39 is 5.97 Å². The maximum Gasteiger partial charge on any atom is 0.358 e. The van der Waals surface area contributed by atoms with Gasteiger partial charge >= 0.3 is 5.97 Å². The van der Waals surface area contributed by atoms with Crippen LogP contribution in [0.1, 0.15) is 23.0 Å². The van der Waals surface area contributed by atoms with Crippen LogP contribution < -0.4 is 0 Å². The normalized spacial score (nSPS) is 10.9. The van der Waals surface area contributed by atoms with Crippen molar-refractivity contribution in [1.82, 2.24) is 19.9 Å². The molecule has 0 spiro atoms. The molecule has 0 saturated carbocycles. The van der Waals surface area contributed by atoms with Gasteiger partial charge in [0.05, 0.1) is 17.3 Å². The molecule has 8 heteroatoms. The first-order chi connectivity index (χ1) is 14.1. The van der Waals surface area contributed by atoms with Gasteiger partial charge in [-0.05, 0) is 38.1 Å². The van der Waals surface area contributed by atoms with Gasteiger partial charge in [-0.15, -0.1) is 0 Å². The maximum absolute atomic E-state index is 12.2. The van der Waals surface area contributed by atoms with Crippen molar-refractivity contribution in [1.29, 1.82) is 0 Å². The summed E-state index contributed by atoms with van der Waals surface area (Å²) in [7, 11) is 0. The van der Waals surface area contributed by atoms with Gasteiger partial charge in [0.15, 0.2) is 5.69 Å². The van der Waals surface area contributed by atoms with Crippen LogP contribution in [0.2, 0.25) is 5.02 Å². The molecule has 0 saturated heterocycles. The molecule has 146 valence electrons. The number of carbonyl (C=O) groups is 1. The lowest BCUT2D eigenvalue weighted by molar-refractivity contribution is 0.0519. The minimum atomic E-state index is -0.540. The van der Waals surface area contributed by atoms with Gasteiger partial charge in [-0.3, -0.25) is 0 Å². The van der Waals surface area contributed by atoms with Crippen molar-refractivity contribution in [3.05, 3.63) is 70.9 Å². The maximum atomic E-state index is 12.2. The first kappa shape index (κ1) is 18.9. The number of ether oxygens (including phenoxy) is 1. The van der Waals surface area contributed by atoms with Crippen LogP contribution in [0.25, 0.3) is 28.7 Å². The third-order valence-electron chi connectivity index (χ3n) is 4.19. The topological polar surface area (TPSA) is 83.0 Å². The monoisotopic (exact) mass is 408 g/mol. The van der Waals surface area contributed by atoms with E-state index in [1.807, 2.05) is 43.3 Å². The van der Waals surface area contributed by atoms with Gasteiger partial charge < -0.3 is 9.26 Å². The SMILES string of the molecule is CCOC(=O)c1cc(-c2noc(-c3cccc(C)c3)n2)n(-c2ccccc2Cl)n1. The molecule has 29 heavy (non-hydrogen) atoms. The Kier molecular flexibility index (Phi) is 5.14. The summed E-state index contributed by atoms with van der Waals surface area (Å²) in [6.07, 6.45) is 0. The van der Waals surface area contributed by atoms with E-state index in [1.54, 1.807) is 25.1 Å². The van der Waals surface area contributed by atoms with Crippen LogP contribution in [-0.2, 0) is 4.74 Å². The highest BCUT2D eigenvalue weighted by molar-refractivity contribution is 6.32. The van der Waals surface area contributed by atoms with Gasteiger partial charge in [-0.1, -0.05) is 46.6 Å². The Labute approximate surface area is 171 Å². The fourth-order valence-corrected chi connectivity index (χ4v) is 3.09. The number of aryl methyl sites for hydroxylation is 1. The van der Waals surface area contributed by atoms with E-state index in [0.717, 1.165) is 11.1 Å². The fraction of sp³-hybridized carbons (Fsp3) is 0.143. The molecule has 7 nitrogen and oxygen atoms in total. The predicted octanol–water partition coefficient (Wildman–Crippen LogP) is 4.73. The molecular formula is C21H17ClN4O3. The van der Waals surface area contributed by atoms with Crippen LogP contribution in [-0.4, -0.2) is 32.5 Å². The zero-order valence-corrected chi connectivity index (χ0v) is 16.6. The Hall–Kier alpha value is -3.45. The van der Waals surface area contributed by atoms with E-state index in [0.29, 0.717) is 22.3 Å². The van der Waals surface area contributed by atoms with E-state index in [9.17, 15) is 4.79 Å². The molecule has 0 unspecified atom stereocenters. The lowest BCUT2D eigenvalue weighted by atomic mass is 10.1. The summed E-state index contributed by atoms with van der Waals surface area (Å²) in [6.45, 7) is 3.96. The summed E-state index contributed by atoms with van der Waals surface area (Å²) >= 11 is 6.35. The summed E-state index contributed by atoms with van der Waals surface area (Å²) < 4.78 is 12.0. The first-order valence-corrected chi connectivity index (χ1v) is 9.38. The van der Waals surface area contributed by atoms with Crippen LogP contribution in [0.5, 0.6) is 0 Å². The number of carbonyl (C=O) groups excluding carboxylic acids is 1. The Balaban J connectivity index is 1.82. The van der Waals surface area contributed by atoms with Crippen molar-refractivity contribution in [2.75, 3.05) is 6.61 Å². The third kappa shape index (κ3) is 3.77. The minimum Gasteiger partial charge on any atom is -0.461 e. The Bertz CT molecular complexity index is 1180. The van der Waals surface area contributed by atoms with Crippen LogP contribution in [0, 0.1) is 6.92 Å². The Morgan fingerprint density at radius 2 is 2.00 bits per heavy atom. The number of benzene rings is 2. The van der Waals surface area contributed by atoms with Crippen LogP contribution in [0.4, 0.5) is 0 Å². The van der Waals surface area contributed by atoms with Crippen molar-refractivity contribution in [3.8, 4) is 28.7 Å². The average Bonchev–Trinajstić information content (AvgIpc) is 3.36. The summed E-state index contributed by atoms with van der Waals surface area (Å²) in [5, 5.41) is 8.92. The van der Waals surface area contributed by atoms with E-state index in [1.165, 1.54) is 4.68 Å². The van der Waals surface area contributed by atoms with E-state index in [-0.39, 0.29) is 18.1 Å². The van der Waals surface area contributed by atoms with E-state index in [4.69, 9.17) is 20.9 Å². The molecule has 0 amide bonds. The molecule has 4 rings (SSSR count). The van der Waals surface area contributed by atoms with Crippen molar-refractivity contribution in [2.24, 2.45) is 0 Å². The molecule has 0 aliphatic carbocycles. The second kappa shape index (κ2) is 7.89. The van der Waals surface area contributed by atoms with Gasteiger partial charge in [-0.25, -0.2) is 9.48 Å². The van der Waals surface area contributed by atoms with Crippen molar-refractivity contribution >= 4 is 17.6 Å². The van der Waals surface area contributed by atoms with E-state index in [2.05, 4.69) is 15.2 Å². The van der Waals surface area contributed by atoms with Crippen LogP contribution >= 0.6 is 11.6 Å². The summed E-state index contributed by atoms with van der Waals surface area (Å²) in [4.78, 5) is 16.7. The molecule has 0 aliphatic rings. The standard InChI is InChI=1S/C21H17ClN4O3/c1-3-28-21(27)16-12-18(26(24-16)17-10-5-4-9-15(17)22)19-23-20(29-25-19)14-8-6-7-13(2)11-14/h4-12H,3H2,1-2H3. The highest BCUT2D eigenvalue weighted by Gasteiger charge is 2.22. The van der Waals surface area contributed by atoms with Gasteiger partial charge in [0.1, 0.15) is 5.69 Å². The number of hydrogen-bond donors (Lipinski definition) is 0. The molecule has 0 radical (unpaired) electrons. The van der Waals surface area contributed by atoms with Crippen molar-refractivity contribution < 1.29 is 14.1 Å². The van der Waals surface area contributed by atoms with Crippen molar-refractivity contribution in [3.63, 3.8) is 0 Å². The number of rotatable bonds is 5. The first-order valence-electron chi connectivity index (χ1n) is 9.00. The third-order valence-corrected chi connectivity index (χ3v) is 4.51. The zero-order chi connectivity index (χ0) is 20.4. The lowest BCUT2D eigenvalue weighted by Gasteiger charge is -2.06. The Morgan fingerprint density at radius 1 is 1.17 bits per heavy atom. The molecule has 2 aromatic heterocycles. The van der Waals surface area contributed by atoms with Crippen LogP contribution in [0.15, 0.2) is 59.1 Å². The fourth-order valence-electron chi connectivity index (χ4n) is 2.88. The minimum absolute atomic E-state index is 0.128. The van der Waals surface area contributed by atoms with Gasteiger partial charge in [0.25, 0.3) is 5.89 Å². The molecule has 2 aromatic carbocycles. The zero-order valence-electron chi connectivity index (χ0n) is 15.8. The van der Waals surface area contributed by atoms with E-state index >= 15 is 0 Å². The quantitative estimate of drug-likeness (QED) is 0.444. The molecule has 0 aliphatic heterocycles. The number of aromatic nitrogens is 4. The smallest absolute Gasteiger partial charge is 0.358 e. The van der Waals surface area contributed by atoms with Crippen molar-refractivity contribution in [2.45, 2.75) is 13.8 Å². The number of nitrogens with zero attached hydrogens (tertiary/aromatic N) is 4. The molecule has 0 N–H and O–H groups in total.